The van der Waals surface area contributed by atoms with Crippen molar-refractivity contribution in [1.29, 1.82) is 0 Å². The van der Waals surface area contributed by atoms with E-state index in [-0.39, 0.29) is 6.04 Å². The van der Waals surface area contributed by atoms with Crippen LogP contribution in [0.4, 0.5) is 0 Å². The Morgan fingerprint density at radius 3 is 2.95 bits per heavy atom. The molecule has 2 aromatic rings. The Balaban J connectivity index is 2.29. The van der Waals surface area contributed by atoms with Gasteiger partial charge in [0, 0.05) is 6.54 Å². The van der Waals surface area contributed by atoms with Gasteiger partial charge >= 0.3 is 0 Å². The van der Waals surface area contributed by atoms with Crippen LogP contribution in [-0.4, -0.2) is 35.3 Å². The molecule has 2 rings (SSSR count). The van der Waals surface area contributed by atoms with Crippen LogP contribution in [0.25, 0.3) is 0 Å². The number of halogens is 1. The first-order valence-electron chi connectivity index (χ1n) is 5.99. The highest BCUT2D eigenvalue weighted by molar-refractivity contribution is 9.10. The van der Waals surface area contributed by atoms with Crippen LogP contribution < -0.4 is 11.3 Å². The van der Waals surface area contributed by atoms with Crippen LogP contribution in [0.3, 0.4) is 0 Å². The van der Waals surface area contributed by atoms with Crippen molar-refractivity contribution in [3.8, 4) is 0 Å². The molecule has 0 spiro atoms. The highest BCUT2D eigenvalue weighted by Gasteiger charge is 2.23. The fourth-order valence-electron chi connectivity index (χ4n) is 1.88. The van der Waals surface area contributed by atoms with Crippen molar-refractivity contribution in [2.75, 3.05) is 20.6 Å². The first kappa shape index (κ1) is 14.3. The van der Waals surface area contributed by atoms with Crippen LogP contribution in [-0.2, 0) is 6.54 Å². The maximum atomic E-state index is 5.67. The summed E-state index contributed by atoms with van der Waals surface area (Å²) < 4.78 is 8.27. The first-order valence-corrected chi connectivity index (χ1v) is 6.78. The largest absolute Gasteiger partial charge is 0.467 e. The number of nitrogens with one attached hydrogen (secondary N) is 1. The topological polar surface area (TPSA) is 72.2 Å². The lowest BCUT2D eigenvalue weighted by Gasteiger charge is -2.18. The molecule has 0 fully saturated rings. The Labute approximate surface area is 120 Å². The van der Waals surface area contributed by atoms with Crippen molar-refractivity contribution in [3.05, 3.63) is 40.5 Å². The fourth-order valence-corrected chi connectivity index (χ4v) is 2.41. The number of rotatable bonds is 6. The Morgan fingerprint density at radius 1 is 1.58 bits per heavy atom. The molecular formula is C12H18BrN5O. The second-order valence-electron chi connectivity index (χ2n) is 4.52. The average molecular weight is 328 g/mol. The minimum atomic E-state index is -0.228. The van der Waals surface area contributed by atoms with Gasteiger partial charge in [-0.15, -0.1) is 0 Å². The van der Waals surface area contributed by atoms with Crippen LogP contribution in [0.1, 0.15) is 17.5 Å². The molecule has 0 bridgehead atoms. The van der Waals surface area contributed by atoms with Gasteiger partial charge in [-0.2, -0.15) is 5.10 Å². The molecule has 0 aromatic carbocycles. The van der Waals surface area contributed by atoms with Gasteiger partial charge in [0.25, 0.3) is 0 Å². The van der Waals surface area contributed by atoms with E-state index in [0.29, 0.717) is 0 Å². The summed E-state index contributed by atoms with van der Waals surface area (Å²) in [4.78, 5) is 2.11. The van der Waals surface area contributed by atoms with E-state index in [1.54, 1.807) is 12.5 Å². The lowest BCUT2D eigenvalue weighted by molar-refractivity contribution is 0.360. The molecular weight excluding hydrogens is 310 g/mol. The van der Waals surface area contributed by atoms with Gasteiger partial charge in [-0.05, 0) is 42.2 Å². The zero-order valence-corrected chi connectivity index (χ0v) is 12.6. The van der Waals surface area contributed by atoms with Crippen molar-refractivity contribution in [3.63, 3.8) is 0 Å². The predicted octanol–water partition coefficient (Wildman–Crippen LogP) is 1.35. The Hall–Kier alpha value is -1.15. The molecule has 0 saturated carbocycles. The van der Waals surface area contributed by atoms with Gasteiger partial charge < -0.3 is 9.32 Å². The minimum Gasteiger partial charge on any atom is -0.467 e. The van der Waals surface area contributed by atoms with Gasteiger partial charge in [0.2, 0.25) is 0 Å². The van der Waals surface area contributed by atoms with Crippen LogP contribution >= 0.6 is 15.9 Å². The highest BCUT2D eigenvalue weighted by atomic mass is 79.9. The van der Waals surface area contributed by atoms with Crippen LogP contribution in [0.15, 0.2) is 33.5 Å². The van der Waals surface area contributed by atoms with Crippen molar-refractivity contribution in [2.45, 2.75) is 12.6 Å². The summed E-state index contributed by atoms with van der Waals surface area (Å²) in [5, 5.41) is 4.37. The highest BCUT2D eigenvalue weighted by Crippen LogP contribution is 2.28. The van der Waals surface area contributed by atoms with E-state index in [1.165, 1.54) is 0 Å². The van der Waals surface area contributed by atoms with Crippen LogP contribution in [0.2, 0.25) is 0 Å². The van der Waals surface area contributed by atoms with Gasteiger partial charge in [-0.25, -0.2) is 5.43 Å². The van der Waals surface area contributed by atoms with E-state index in [2.05, 4.69) is 31.4 Å². The first-order chi connectivity index (χ1) is 9.13. The number of nitrogens with zero attached hydrogens (tertiary/aromatic N) is 3. The van der Waals surface area contributed by atoms with Crippen molar-refractivity contribution < 1.29 is 4.42 Å². The summed E-state index contributed by atoms with van der Waals surface area (Å²) in [5.74, 6) is 6.43. The average Bonchev–Trinajstić information content (AvgIpc) is 3.00. The summed E-state index contributed by atoms with van der Waals surface area (Å²) >= 11 is 3.52. The van der Waals surface area contributed by atoms with Gasteiger partial charge in [0.1, 0.15) is 11.8 Å². The predicted molar refractivity (Wildman–Crippen MR) is 76.4 cm³/mol. The Morgan fingerprint density at radius 2 is 2.37 bits per heavy atom. The summed E-state index contributed by atoms with van der Waals surface area (Å²) in [6.45, 7) is 1.68. The molecule has 0 radical (unpaired) electrons. The van der Waals surface area contributed by atoms with E-state index in [1.807, 2.05) is 30.9 Å². The number of likely N-dealkylation sites (N-methyl/N-ethyl adjacent to an activating group) is 1. The molecule has 19 heavy (non-hydrogen) atoms. The lowest BCUT2D eigenvalue weighted by Crippen LogP contribution is -2.31. The summed E-state index contributed by atoms with van der Waals surface area (Å²) in [6, 6.07) is 3.50. The molecule has 6 nitrogen and oxygen atoms in total. The maximum absolute atomic E-state index is 5.67. The molecule has 104 valence electrons. The lowest BCUT2D eigenvalue weighted by atomic mass is 10.1. The number of furan rings is 1. The van der Waals surface area contributed by atoms with Crippen LogP contribution in [0, 0.1) is 0 Å². The quantitative estimate of drug-likeness (QED) is 0.619. The molecule has 1 unspecified atom stereocenters. The molecule has 3 N–H and O–H groups in total. The smallest absolute Gasteiger partial charge is 0.128 e. The van der Waals surface area contributed by atoms with E-state index in [0.717, 1.165) is 29.0 Å². The second kappa shape index (κ2) is 6.33. The van der Waals surface area contributed by atoms with Crippen molar-refractivity contribution in [2.24, 2.45) is 5.84 Å². The minimum absolute atomic E-state index is 0.228. The molecule has 7 heteroatoms. The van der Waals surface area contributed by atoms with E-state index < -0.39 is 0 Å². The zero-order chi connectivity index (χ0) is 13.8. The SMILES string of the molecule is CN(C)CCn1ncc(Br)c1C(NN)c1ccco1. The number of hydrazine groups is 1. The molecule has 2 aromatic heterocycles. The molecule has 2 heterocycles. The third-order valence-corrected chi connectivity index (χ3v) is 3.47. The number of hydrogen-bond acceptors (Lipinski definition) is 5. The molecule has 0 saturated heterocycles. The Kier molecular flexibility index (Phi) is 4.76. The molecule has 0 aliphatic carbocycles. The molecule has 0 aliphatic heterocycles. The standard InChI is InChI=1S/C12H18BrN5O/c1-17(2)5-6-18-12(9(13)8-15-18)11(16-14)10-4-3-7-19-10/h3-4,7-8,11,16H,5-6,14H2,1-2H3. The van der Waals surface area contributed by atoms with Crippen molar-refractivity contribution in [1.82, 2.24) is 20.1 Å². The van der Waals surface area contributed by atoms with Gasteiger partial charge in [-0.3, -0.25) is 10.5 Å². The summed E-state index contributed by atoms with van der Waals surface area (Å²) in [5.41, 5.74) is 3.74. The summed E-state index contributed by atoms with van der Waals surface area (Å²) in [7, 11) is 4.06. The van der Waals surface area contributed by atoms with Gasteiger partial charge in [-0.1, -0.05) is 0 Å². The molecule has 0 aliphatic rings. The van der Waals surface area contributed by atoms with E-state index in [9.17, 15) is 0 Å². The number of aromatic nitrogens is 2. The van der Waals surface area contributed by atoms with Crippen molar-refractivity contribution >= 4 is 15.9 Å². The molecule has 1 atom stereocenters. The third-order valence-electron chi connectivity index (χ3n) is 2.86. The molecule has 0 amide bonds. The monoisotopic (exact) mass is 327 g/mol. The maximum Gasteiger partial charge on any atom is 0.128 e. The zero-order valence-electron chi connectivity index (χ0n) is 11.0. The van der Waals surface area contributed by atoms with E-state index in [4.69, 9.17) is 10.3 Å². The third kappa shape index (κ3) is 3.24. The number of hydrogen-bond donors (Lipinski definition) is 2. The normalized spacial score (nSPS) is 13.1. The van der Waals surface area contributed by atoms with E-state index >= 15 is 0 Å². The number of nitrogens with two attached hydrogens (primary N) is 1. The van der Waals surface area contributed by atoms with Crippen LogP contribution in [0.5, 0.6) is 0 Å². The van der Waals surface area contributed by atoms with Gasteiger partial charge in [0.05, 0.1) is 29.2 Å². The van der Waals surface area contributed by atoms with Gasteiger partial charge in [0.15, 0.2) is 0 Å². The summed E-state index contributed by atoms with van der Waals surface area (Å²) in [6.07, 6.45) is 3.41. The second-order valence-corrected chi connectivity index (χ2v) is 5.37. The fraction of sp³-hybridized carbons (Fsp3) is 0.417. The Bertz CT molecular complexity index is 508.